The molecule has 3 nitrogen and oxygen atoms in total. The van der Waals surface area contributed by atoms with Crippen LogP contribution in [0.25, 0.3) is 0 Å². The molecule has 2 aromatic carbocycles. The highest BCUT2D eigenvalue weighted by atomic mass is 19.1. The van der Waals surface area contributed by atoms with E-state index >= 15 is 0 Å². The van der Waals surface area contributed by atoms with Crippen molar-refractivity contribution in [3.8, 4) is 5.75 Å². The van der Waals surface area contributed by atoms with Crippen LogP contribution in [0.5, 0.6) is 5.75 Å². The lowest BCUT2D eigenvalue weighted by Crippen LogP contribution is -2.10. The van der Waals surface area contributed by atoms with E-state index in [1.54, 1.807) is 12.1 Å². The monoisotopic (exact) mass is 316 g/mol. The molecule has 0 aliphatic carbocycles. The predicted molar refractivity (Wildman–Crippen MR) is 87.0 cm³/mol. The third-order valence-corrected chi connectivity index (χ3v) is 3.77. The van der Waals surface area contributed by atoms with Crippen molar-refractivity contribution in [1.82, 2.24) is 0 Å². The molecule has 0 heterocycles. The van der Waals surface area contributed by atoms with Crippen LogP contribution in [-0.4, -0.2) is 13.1 Å². The summed E-state index contributed by atoms with van der Waals surface area (Å²) in [4.78, 5) is 11.6. The molecule has 0 spiro atoms. The molecule has 0 saturated carbocycles. The number of aryl methyl sites for hydroxylation is 2. The number of carbonyl (C=O) groups excluding carboxylic acids is 1. The maximum Gasteiger partial charge on any atom is 0.309 e. The summed E-state index contributed by atoms with van der Waals surface area (Å²) in [6, 6.07) is 10.5. The lowest BCUT2D eigenvalue weighted by atomic mass is 9.97. The van der Waals surface area contributed by atoms with Crippen LogP contribution in [-0.2, 0) is 29.0 Å². The number of ether oxygens (including phenoxy) is 2. The van der Waals surface area contributed by atoms with Gasteiger partial charge in [-0.2, -0.15) is 0 Å². The zero-order valence-electron chi connectivity index (χ0n) is 13.7. The molecule has 0 N–H and O–H groups in total. The lowest BCUT2D eigenvalue weighted by molar-refractivity contribution is -0.139. The smallest absolute Gasteiger partial charge is 0.309 e. The van der Waals surface area contributed by atoms with Gasteiger partial charge < -0.3 is 9.47 Å². The summed E-state index contributed by atoms with van der Waals surface area (Å²) >= 11 is 0. The number of carbonyl (C=O) groups is 1. The van der Waals surface area contributed by atoms with Gasteiger partial charge in [-0.1, -0.05) is 31.2 Å². The highest BCUT2D eigenvalue weighted by Crippen LogP contribution is 2.23. The Labute approximate surface area is 136 Å². The summed E-state index contributed by atoms with van der Waals surface area (Å²) in [5.74, 6) is -0.472. The van der Waals surface area contributed by atoms with E-state index in [0.717, 1.165) is 28.7 Å². The van der Waals surface area contributed by atoms with Gasteiger partial charge in [-0.25, -0.2) is 4.39 Å². The van der Waals surface area contributed by atoms with Crippen LogP contribution in [0.4, 0.5) is 4.39 Å². The number of methoxy groups -OCH3 is 1. The summed E-state index contributed by atoms with van der Waals surface area (Å²) in [5, 5.41) is 0. The van der Waals surface area contributed by atoms with E-state index in [9.17, 15) is 9.18 Å². The van der Waals surface area contributed by atoms with Crippen molar-refractivity contribution in [2.75, 3.05) is 7.11 Å². The first-order valence-electron chi connectivity index (χ1n) is 7.60. The van der Waals surface area contributed by atoms with Crippen LogP contribution in [0.1, 0.15) is 29.2 Å². The Balaban J connectivity index is 2.26. The zero-order valence-corrected chi connectivity index (χ0v) is 13.7. The topological polar surface area (TPSA) is 35.5 Å². The van der Waals surface area contributed by atoms with E-state index < -0.39 is 0 Å². The van der Waals surface area contributed by atoms with Gasteiger partial charge in [0, 0.05) is 0 Å². The van der Waals surface area contributed by atoms with Gasteiger partial charge in [0.1, 0.15) is 6.61 Å². The minimum Gasteiger partial charge on any atom is -0.486 e. The van der Waals surface area contributed by atoms with Crippen molar-refractivity contribution in [2.45, 2.75) is 33.3 Å². The molecular weight excluding hydrogens is 295 g/mol. The van der Waals surface area contributed by atoms with Gasteiger partial charge in [0.2, 0.25) is 0 Å². The summed E-state index contributed by atoms with van der Waals surface area (Å²) < 4.78 is 24.2. The first kappa shape index (κ1) is 17.0. The average molecular weight is 316 g/mol. The first-order valence-corrected chi connectivity index (χ1v) is 7.60. The van der Waals surface area contributed by atoms with Gasteiger partial charge in [-0.3, -0.25) is 4.79 Å². The van der Waals surface area contributed by atoms with Gasteiger partial charge in [0.05, 0.1) is 13.5 Å². The Morgan fingerprint density at radius 3 is 2.61 bits per heavy atom. The fraction of sp³-hybridized carbons (Fsp3) is 0.316. The third kappa shape index (κ3) is 4.31. The molecule has 0 unspecified atom stereocenters. The summed E-state index contributed by atoms with van der Waals surface area (Å²) in [6.45, 7) is 4.14. The second kappa shape index (κ2) is 7.77. The van der Waals surface area contributed by atoms with E-state index in [1.165, 1.54) is 13.2 Å². The van der Waals surface area contributed by atoms with Crippen LogP contribution in [0.15, 0.2) is 36.4 Å². The molecule has 0 atom stereocenters. The van der Waals surface area contributed by atoms with Crippen molar-refractivity contribution in [3.63, 3.8) is 0 Å². The summed E-state index contributed by atoms with van der Waals surface area (Å²) in [6.07, 6.45) is 0.989. The second-order valence-electron chi connectivity index (χ2n) is 5.38. The Bertz CT molecular complexity index is 695. The highest BCUT2D eigenvalue weighted by molar-refractivity contribution is 5.73. The number of benzene rings is 2. The van der Waals surface area contributed by atoms with Crippen LogP contribution >= 0.6 is 0 Å². The average Bonchev–Trinajstić information content (AvgIpc) is 2.56. The van der Waals surface area contributed by atoms with Crippen LogP contribution in [0.3, 0.4) is 0 Å². The molecule has 0 radical (unpaired) electrons. The number of esters is 1. The number of hydrogen-bond donors (Lipinski definition) is 0. The fourth-order valence-electron chi connectivity index (χ4n) is 2.47. The molecule has 0 fully saturated rings. The fourth-order valence-corrected chi connectivity index (χ4v) is 2.47. The van der Waals surface area contributed by atoms with E-state index in [-0.39, 0.29) is 30.6 Å². The molecule has 4 heteroatoms. The summed E-state index contributed by atoms with van der Waals surface area (Å²) in [7, 11) is 1.37. The third-order valence-electron chi connectivity index (χ3n) is 3.77. The van der Waals surface area contributed by atoms with Gasteiger partial charge in [0.25, 0.3) is 0 Å². The molecule has 0 bridgehead atoms. The van der Waals surface area contributed by atoms with E-state index in [1.807, 2.05) is 32.0 Å². The van der Waals surface area contributed by atoms with E-state index in [0.29, 0.717) is 0 Å². The summed E-state index contributed by atoms with van der Waals surface area (Å²) in [5.41, 5.74) is 3.78. The molecule has 122 valence electrons. The normalized spacial score (nSPS) is 10.4. The van der Waals surface area contributed by atoms with E-state index in [2.05, 4.69) is 0 Å². The van der Waals surface area contributed by atoms with Crippen molar-refractivity contribution in [1.29, 1.82) is 0 Å². The van der Waals surface area contributed by atoms with Crippen LogP contribution < -0.4 is 4.74 Å². The molecule has 0 aliphatic heterocycles. The lowest BCUT2D eigenvalue weighted by Gasteiger charge is -2.15. The van der Waals surface area contributed by atoms with Gasteiger partial charge in [-0.05, 0) is 47.7 Å². The number of rotatable bonds is 6. The minimum absolute atomic E-state index is 0.180. The maximum atomic E-state index is 13.8. The zero-order chi connectivity index (χ0) is 16.8. The van der Waals surface area contributed by atoms with Crippen molar-refractivity contribution in [3.05, 3.63) is 64.5 Å². The Morgan fingerprint density at radius 2 is 1.91 bits per heavy atom. The molecule has 2 aromatic rings. The molecular formula is C19H21FO3. The standard InChI is InChI=1S/C19H21FO3/c1-4-14-6-5-7-15(11-19(21)22-3)16(14)12-23-18-10-13(2)8-9-17(18)20/h5-10H,4,11-12H2,1-3H3. The minimum atomic E-state index is -0.390. The highest BCUT2D eigenvalue weighted by Gasteiger charge is 2.13. The largest absolute Gasteiger partial charge is 0.486 e. The Morgan fingerprint density at radius 1 is 1.17 bits per heavy atom. The molecule has 0 saturated heterocycles. The van der Waals surface area contributed by atoms with Crippen molar-refractivity contribution in [2.24, 2.45) is 0 Å². The quantitative estimate of drug-likeness (QED) is 0.756. The van der Waals surface area contributed by atoms with E-state index in [4.69, 9.17) is 9.47 Å². The number of halogens is 1. The van der Waals surface area contributed by atoms with Gasteiger partial charge >= 0.3 is 5.97 Å². The van der Waals surface area contributed by atoms with Crippen molar-refractivity contribution < 1.29 is 18.7 Å². The Hall–Kier alpha value is -2.36. The molecule has 0 aliphatic rings. The predicted octanol–water partition coefficient (Wildman–Crippen LogP) is 3.99. The van der Waals surface area contributed by atoms with Crippen LogP contribution in [0.2, 0.25) is 0 Å². The maximum absolute atomic E-state index is 13.8. The second-order valence-corrected chi connectivity index (χ2v) is 5.38. The van der Waals surface area contributed by atoms with Crippen molar-refractivity contribution >= 4 is 5.97 Å². The van der Waals surface area contributed by atoms with Gasteiger partial charge in [0.15, 0.2) is 11.6 Å². The van der Waals surface area contributed by atoms with Crippen LogP contribution in [0, 0.1) is 12.7 Å². The number of hydrogen-bond acceptors (Lipinski definition) is 3. The first-order chi connectivity index (χ1) is 11.0. The Kier molecular flexibility index (Phi) is 5.74. The van der Waals surface area contributed by atoms with Gasteiger partial charge in [-0.15, -0.1) is 0 Å². The SMILES string of the molecule is CCc1cccc(CC(=O)OC)c1COc1cc(C)ccc1F. The molecule has 2 rings (SSSR count). The molecule has 23 heavy (non-hydrogen) atoms. The molecule has 0 aromatic heterocycles. The molecule has 0 amide bonds.